The molecule has 0 spiro atoms. The van der Waals surface area contributed by atoms with Gasteiger partial charge in [0.1, 0.15) is 0 Å². The highest BCUT2D eigenvalue weighted by Gasteiger charge is 2.05. The summed E-state index contributed by atoms with van der Waals surface area (Å²) in [5.41, 5.74) is 0. The van der Waals surface area contributed by atoms with Crippen molar-refractivity contribution in [1.29, 1.82) is 0 Å². The summed E-state index contributed by atoms with van der Waals surface area (Å²) in [6.45, 7) is 4.87. The van der Waals surface area contributed by atoms with Crippen LogP contribution >= 0.6 is 0 Å². The third-order valence-corrected chi connectivity index (χ3v) is 1.72. The van der Waals surface area contributed by atoms with E-state index in [9.17, 15) is 4.79 Å². The standard InChI is InChI=1S/C10H14O3/c1-8(2)3-5-12-9-4-6-13-10(9)7-11/h4,6-8H,3,5H2,1-2H3. The lowest BCUT2D eigenvalue weighted by Crippen LogP contribution is -2.01. The first-order valence-corrected chi connectivity index (χ1v) is 4.39. The third-order valence-electron chi connectivity index (χ3n) is 1.72. The fraction of sp³-hybridized carbons (Fsp3) is 0.500. The van der Waals surface area contributed by atoms with Crippen molar-refractivity contribution in [2.24, 2.45) is 5.92 Å². The van der Waals surface area contributed by atoms with E-state index in [4.69, 9.17) is 9.15 Å². The largest absolute Gasteiger partial charge is 0.489 e. The third kappa shape index (κ3) is 2.93. The Bertz CT molecular complexity index is 263. The van der Waals surface area contributed by atoms with Gasteiger partial charge < -0.3 is 9.15 Å². The van der Waals surface area contributed by atoms with E-state index in [-0.39, 0.29) is 5.76 Å². The van der Waals surface area contributed by atoms with Gasteiger partial charge in [0.05, 0.1) is 12.9 Å². The van der Waals surface area contributed by atoms with E-state index in [1.165, 1.54) is 6.26 Å². The van der Waals surface area contributed by atoms with Crippen LogP contribution in [-0.2, 0) is 0 Å². The van der Waals surface area contributed by atoms with Gasteiger partial charge in [-0.2, -0.15) is 0 Å². The summed E-state index contributed by atoms with van der Waals surface area (Å²) >= 11 is 0. The molecular formula is C10H14O3. The molecule has 0 radical (unpaired) electrons. The van der Waals surface area contributed by atoms with Gasteiger partial charge >= 0.3 is 0 Å². The maximum absolute atomic E-state index is 10.4. The summed E-state index contributed by atoms with van der Waals surface area (Å²) < 4.78 is 10.2. The van der Waals surface area contributed by atoms with E-state index in [1.54, 1.807) is 6.07 Å². The van der Waals surface area contributed by atoms with Gasteiger partial charge in [-0.25, -0.2) is 0 Å². The van der Waals surface area contributed by atoms with E-state index >= 15 is 0 Å². The Hall–Kier alpha value is -1.25. The molecule has 0 fully saturated rings. The molecule has 13 heavy (non-hydrogen) atoms. The smallest absolute Gasteiger partial charge is 0.208 e. The molecule has 0 atom stereocenters. The Labute approximate surface area is 77.7 Å². The van der Waals surface area contributed by atoms with Crippen LogP contribution in [0.4, 0.5) is 0 Å². The number of furan rings is 1. The van der Waals surface area contributed by atoms with E-state index < -0.39 is 0 Å². The number of carbonyl (C=O) groups is 1. The van der Waals surface area contributed by atoms with Crippen LogP contribution in [0.5, 0.6) is 5.75 Å². The molecule has 0 aliphatic carbocycles. The lowest BCUT2D eigenvalue weighted by Gasteiger charge is -2.05. The predicted octanol–water partition coefficient (Wildman–Crippen LogP) is 2.52. The summed E-state index contributed by atoms with van der Waals surface area (Å²) in [6, 6.07) is 1.66. The molecule has 0 saturated carbocycles. The van der Waals surface area contributed by atoms with Crippen LogP contribution in [0.25, 0.3) is 0 Å². The minimum atomic E-state index is 0.267. The van der Waals surface area contributed by atoms with Crippen molar-refractivity contribution in [2.45, 2.75) is 20.3 Å². The van der Waals surface area contributed by atoms with E-state index in [0.717, 1.165) is 6.42 Å². The lowest BCUT2D eigenvalue weighted by molar-refractivity contribution is 0.109. The SMILES string of the molecule is CC(C)CCOc1ccoc1C=O. The van der Waals surface area contributed by atoms with Crippen molar-refractivity contribution >= 4 is 6.29 Å². The molecule has 0 bridgehead atoms. The molecule has 0 saturated heterocycles. The monoisotopic (exact) mass is 182 g/mol. The van der Waals surface area contributed by atoms with Gasteiger partial charge in [-0.15, -0.1) is 0 Å². The molecule has 1 rings (SSSR count). The Kier molecular flexibility index (Phi) is 3.55. The molecule has 3 nitrogen and oxygen atoms in total. The molecule has 1 aromatic rings. The predicted molar refractivity (Wildman–Crippen MR) is 49.0 cm³/mol. The molecular weight excluding hydrogens is 168 g/mol. The van der Waals surface area contributed by atoms with Crippen molar-refractivity contribution < 1.29 is 13.9 Å². The lowest BCUT2D eigenvalue weighted by atomic mass is 10.1. The van der Waals surface area contributed by atoms with Crippen LogP contribution in [0, 0.1) is 5.92 Å². The molecule has 0 unspecified atom stereocenters. The molecule has 0 aliphatic heterocycles. The molecule has 1 aromatic heterocycles. The molecule has 0 N–H and O–H groups in total. The number of rotatable bonds is 5. The van der Waals surface area contributed by atoms with E-state index in [1.807, 2.05) is 0 Å². The van der Waals surface area contributed by atoms with Crippen LogP contribution in [0.2, 0.25) is 0 Å². The van der Waals surface area contributed by atoms with Crippen LogP contribution in [0.15, 0.2) is 16.7 Å². The minimum absolute atomic E-state index is 0.267. The number of ether oxygens (including phenoxy) is 1. The second-order valence-electron chi connectivity index (χ2n) is 3.30. The number of hydrogen-bond donors (Lipinski definition) is 0. The zero-order chi connectivity index (χ0) is 9.68. The Morgan fingerprint density at radius 1 is 1.62 bits per heavy atom. The first kappa shape index (κ1) is 9.84. The first-order valence-electron chi connectivity index (χ1n) is 4.39. The van der Waals surface area contributed by atoms with E-state index in [0.29, 0.717) is 24.6 Å². The Balaban J connectivity index is 2.40. The van der Waals surface area contributed by atoms with Crippen molar-refractivity contribution in [2.75, 3.05) is 6.61 Å². The second-order valence-corrected chi connectivity index (χ2v) is 3.30. The van der Waals surface area contributed by atoms with Crippen LogP contribution in [-0.4, -0.2) is 12.9 Å². The summed E-state index contributed by atoms with van der Waals surface area (Å²) in [6.07, 6.45) is 3.09. The average Bonchev–Trinajstić information content (AvgIpc) is 2.51. The summed E-state index contributed by atoms with van der Waals surface area (Å²) in [4.78, 5) is 10.4. The highest BCUT2D eigenvalue weighted by Crippen LogP contribution is 2.17. The molecule has 0 aliphatic rings. The van der Waals surface area contributed by atoms with Crippen LogP contribution in [0.1, 0.15) is 30.8 Å². The molecule has 72 valence electrons. The zero-order valence-corrected chi connectivity index (χ0v) is 7.95. The molecule has 0 amide bonds. The molecule has 1 heterocycles. The highest BCUT2D eigenvalue weighted by atomic mass is 16.5. The second kappa shape index (κ2) is 4.70. The van der Waals surface area contributed by atoms with Gasteiger partial charge in [-0.05, 0) is 12.3 Å². The summed E-state index contributed by atoms with van der Waals surface area (Å²) in [7, 11) is 0. The summed E-state index contributed by atoms with van der Waals surface area (Å²) in [5.74, 6) is 1.41. The van der Waals surface area contributed by atoms with Crippen molar-refractivity contribution in [3.8, 4) is 5.75 Å². The van der Waals surface area contributed by atoms with Crippen LogP contribution < -0.4 is 4.74 Å². The van der Waals surface area contributed by atoms with Gasteiger partial charge in [-0.1, -0.05) is 13.8 Å². The normalized spacial score (nSPS) is 10.4. The highest BCUT2D eigenvalue weighted by molar-refractivity contribution is 5.74. The van der Waals surface area contributed by atoms with Crippen molar-refractivity contribution in [3.63, 3.8) is 0 Å². The van der Waals surface area contributed by atoms with Crippen molar-refractivity contribution in [1.82, 2.24) is 0 Å². The van der Waals surface area contributed by atoms with Gasteiger partial charge in [0.15, 0.2) is 12.0 Å². The quantitative estimate of drug-likeness (QED) is 0.657. The van der Waals surface area contributed by atoms with Gasteiger partial charge in [0.25, 0.3) is 0 Å². The molecule has 0 aromatic carbocycles. The molecule has 3 heteroatoms. The fourth-order valence-corrected chi connectivity index (χ4v) is 0.919. The van der Waals surface area contributed by atoms with Crippen LogP contribution in [0.3, 0.4) is 0 Å². The number of hydrogen-bond acceptors (Lipinski definition) is 3. The van der Waals surface area contributed by atoms with Gasteiger partial charge in [0, 0.05) is 6.07 Å². The summed E-state index contributed by atoms with van der Waals surface area (Å²) in [5, 5.41) is 0. The van der Waals surface area contributed by atoms with E-state index in [2.05, 4.69) is 13.8 Å². The Morgan fingerprint density at radius 2 is 2.38 bits per heavy atom. The number of carbonyl (C=O) groups excluding carboxylic acids is 1. The first-order chi connectivity index (χ1) is 6.24. The van der Waals surface area contributed by atoms with Gasteiger partial charge in [-0.3, -0.25) is 4.79 Å². The maximum Gasteiger partial charge on any atom is 0.208 e. The average molecular weight is 182 g/mol. The maximum atomic E-state index is 10.4. The minimum Gasteiger partial charge on any atom is -0.489 e. The van der Waals surface area contributed by atoms with Gasteiger partial charge in [0.2, 0.25) is 5.76 Å². The topological polar surface area (TPSA) is 39.4 Å². The number of aldehydes is 1. The Morgan fingerprint density at radius 3 is 3.00 bits per heavy atom. The zero-order valence-electron chi connectivity index (χ0n) is 7.95. The van der Waals surface area contributed by atoms with Crippen molar-refractivity contribution in [3.05, 3.63) is 18.1 Å². The fourth-order valence-electron chi connectivity index (χ4n) is 0.919.